The highest BCUT2D eigenvalue weighted by Gasteiger charge is 2.07. The van der Waals surface area contributed by atoms with Crippen molar-refractivity contribution in [3.05, 3.63) is 41.5 Å². The highest BCUT2D eigenvalue weighted by Crippen LogP contribution is 2.25. The summed E-state index contributed by atoms with van der Waals surface area (Å²) in [6, 6.07) is 6.04. The van der Waals surface area contributed by atoms with E-state index >= 15 is 0 Å². The van der Waals surface area contributed by atoms with Crippen LogP contribution in [0.5, 0.6) is 0 Å². The van der Waals surface area contributed by atoms with Gasteiger partial charge in [-0.2, -0.15) is 0 Å². The van der Waals surface area contributed by atoms with Gasteiger partial charge in [-0.05, 0) is 30.0 Å². The average molecular weight is 229 g/mol. The average Bonchev–Trinajstić information content (AvgIpc) is 2.82. The van der Waals surface area contributed by atoms with Crippen molar-refractivity contribution in [2.75, 3.05) is 5.73 Å². The summed E-state index contributed by atoms with van der Waals surface area (Å²) in [4.78, 5) is 5.71. The number of hydrogen-bond acceptors (Lipinski definition) is 3. The lowest BCUT2D eigenvalue weighted by molar-refractivity contribution is 1.16. The number of imidazole rings is 1. The van der Waals surface area contributed by atoms with E-state index in [2.05, 4.69) is 11.1 Å². The van der Waals surface area contributed by atoms with Gasteiger partial charge in [-0.25, -0.2) is 4.98 Å². The van der Waals surface area contributed by atoms with Crippen LogP contribution in [0, 0.1) is 6.92 Å². The maximum atomic E-state index is 5.94. The lowest BCUT2D eigenvalue weighted by Crippen LogP contribution is -1.93. The number of rotatable bonds is 1. The molecule has 0 amide bonds. The Kier molecular flexibility index (Phi) is 1.97. The summed E-state index contributed by atoms with van der Waals surface area (Å²) in [5.74, 6) is 0. The number of nitrogens with two attached hydrogens (primary N) is 1. The molecule has 0 saturated carbocycles. The number of anilines is 1. The second-order valence-corrected chi connectivity index (χ2v) is 4.75. The van der Waals surface area contributed by atoms with Gasteiger partial charge in [0.05, 0.1) is 16.3 Å². The molecule has 0 aliphatic rings. The van der Waals surface area contributed by atoms with Crippen molar-refractivity contribution in [3.8, 4) is 10.6 Å². The third-order valence-electron chi connectivity index (χ3n) is 2.49. The van der Waals surface area contributed by atoms with Crippen LogP contribution in [0.2, 0.25) is 0 Å². The van der Waals surface area contributed by atoms with Crippen LogP contribution in [-0.4, -0.2) is 9.38 Å². The van der Waals surface area contributed by atoms with E-state index in [1.807, 2.05) is 41.2 Å². The van der Waals surface area contributed by atoms with Crippen molar-refractivity contribution < 1.29 is 0 Å². The molecule has 0 saturated heterocycles. The van der Waals surface area contributed by atoms with Gasteiger partial charge in [0.15, 0.2) is 5.65 Å². The van der Waals surface area contributed by atoms with Crippen molar-refractivity contribution >= 4 is 22.7 Å². The maximum absolute atomic E-state index is 5.94. The van der Waals surface area contributed by atoms with Crippen LogP contribution in [0.25, 0.3) is 16.2 Å². The van der Waals surface area contributed by atoms with E-state index in [0.717, 1.165) is 22.6 Å². The second-order valence-electron chi connectivity index (χ2n) is 3.81. The van der Waals surface area contributed by atoms with Crippen LogP contribution in [0.3, 0.4) is 0 Å². The van der Waals surface area contributed by atoms with Gasteiger partial charge in [0.25, 0.3) is 0 Å². The number of hydrogen-bond donors (Lipinski definition) is 1. The summed E-state index contributed by atoms with van der Waals surface area (Å²) in [6.07, 6.45) is 4.06. The number of pyridine rings is 1. The Morgan fingerprint density at radius 2 is 2.25 bits per heavy atom. The standard InChI is InChI=1S/C12H11N3S/c1-8-5-9(13)12-14-10(7-15(12)6-8)11-3-2-4-16-11/h2-7H,13H2,1H3. The number of nitrogen functional groups attached to an aromatic ring is 1. The zero-order valence-corrected chi connectivity index (χ0v) is 9.66. The van der Waals surface area contributed by atoms with Gasteiger partial charge >= 0.3 is 0 Å². The van der Waals surface area contributed by atoms with E-state index < -0.39 is 0 Å². The van der Waals surface area contributed by atoms with Crippen LogP contribution >= 0.6 is 11.3 Å². The molecule has 80 valence electrons. The van der Waals surface area contributed by atoms with Crippen LogP contribution in [-0.2, 0) is 0 Å². The number of thiophene rings is 1. The second kappa shape index (κ2) is 3.35. The molecule has 0 bridgehead atoms. The Morgan fingerprint density at radius 1 is 1.38 bits per heavy atom. The monoisotopic (exact) mass is 229 g/mol. The van der Waals surface area contributed by atoms with Gasteiger partial charge in [-0.15, -0.1) is 11.3 Å². The van der Waals surface area contributed by atoms with E-state index in [9.17, 15) is 0 Å². The molecular formula is C12H11N3S. The van der Waals surface area contributed by atoms with Gasteiger partial charge in [-0.1, -0.05) is 6.07 Å². The van der Waals surface area contributed by atoms with Gasteiger partial charge in [0.1, 0.15) is 0 Å². The molecule has 0 fully saturated rings. The van der Waals surface area contributed by atoms with E-state index in [0.29, 0.717) is 0 Å². The topological polar surface area (TPSA) is 43.3 Å². The summed E-state index contributed by atoms with van der Waals surface area (Å²) in [7, 11) is 0. The lowest BCUT2D eigenvalue weighted by atomic mass is 10.3. The van der Waals surface area contributed by atoms with Crippen LogP contribution < -0.4 is 5.73 Å². The molecule has 0 aliphatic heterocycles. The molecule has 3 nitrogen and oxygen atoms in total. The minimum atomic E-state index is 0.725. The van der Waals surface area contributed by atoms with E-state index in [-0.39, 0.29) is 0 Å². The molecule has 0 spiro atoms. The lowest BCUT2D eigenvalue weighted by Gasteiger charge is -1.98. The highest BCUT2D eigenvalue weighted by molar-refractivity contribution is 7.13. The number of fused-ring (bicyclic) bond motifs is 1. The first-order chi connectivity index (χ1) is 7.74. The van der Waals surface area contributed by atoms with Gasteiger partial charge in [-0.3, -0.25) is 0 Å². The van der Waals surface area contributed by atoms with E-state index in [4.69, 9.17) is 5.73 Å². The molecule has 3 aromatic rings. The maximum Gasteiger partial charge on any atom is 0.160 e. The molecule has 0 unspecified atom stereocenters. The third kappa shape index (κ3) is 1.39. The van der Waals surface area contributed by atoms with Crippen molar-refractivity contribution in [1.82, 2.24) is 9.38 Å². The van der Waals surface area contributed by atoms with Crippen molar-refractivity contribution in [2.24, 2.45) is 0 Å². The molecule has 2 N–H and O–H groups in total. The Labute approximate surface area is 97.2 Å². The molecule has 3 rings (SSSR count). The fourth-order valence-corrected chi connectivity index (χ4v) is 2.50. The fraction of sp³-hybridized carbons (Fsp3) is 0.0833. The molecule has 16 heavy (non-hydrogen) atoms. The Morgan fingerprint density at radius 3 is 3.00 bits per heavy atom. The molecule has 0 atom stereocenters. The summed E-state index contributed by atoms with van der Waals surface area (Å²) in [5.41, 5.74) is 9.61. The minimum absolute atomic E-state index is 0.725. The van der Waals surface area contributed by atoms with E-state index in [1.165, 1.54) is 4.88 Å². The van der Waals surface area contributed by atoms with Crippen LogP contribution in [0.1, 0.15) is 5.56 Å². The van der Waals surface area contributed by atoms with Crippen molar-refractivity contribution in [3.63, 3.8) is 0 Å². The molecule has 0 aliphatic carbocycles. The van der Waals surface area contributed by atoms with Gasteiger partial charge in [0, 0.05) is 12.4 Å². The zero-order valence-electron chi connectivity index (χ0n) is 8.84. The van der Waals surface area contributed by atoms with Crippen molar-refractivity contribution in [1.29, 1.82) is 0 Å². The van der Waals surface area contributed by atoms with Crippen LogP contribution in [0.4, 0.5) is 5.69 Å². The summed E-state index contributed by atoms with van der Waals surface area (Å²) >= 11 is 1.68. The molecule has 4 heteroatoms. The minimum Gasteiger partial charge on any atom is -0.396 e. The molecule has 3 aromatic heterocycles. The van der Waals surface area contributed by atoms with Gasteiger partial charge in [0.2, 0.25) is 0 Å². The van der Waals surface area contributed by atoms with Crippen molar-refractivity contribution in [2.45, 2.75) is 6.92 Å². The third-order valence-corrected chi connectivity index (χ3v) is 3.38. The molecule has 0 aromatic carbocycles. The first kappa shape index (κ1) is 9.42. The number of aryl methyl sites for hydroxylation is 1. The number of aromatic nitrogens is 2. The summed E-state index contributed by atoms with van der Waals surface area (Å²) in [6.45, 7) is 2.03. The quantitative estimate of drug-likeness (QED) is 0.697. The highest BCUT2D eigenvalue weighted by atomic mass is 32.1. The first-order valence-corrected chi connectivity index (χ1v) is 5.91. The number of nitrogens with zero attached hydrogens (tertiary/aromatic N) is 2. The predicted octanol–water partition coefficient (Wildman–Crippen LogP) is 2.95. The summed E-state index contributed by atoms with van der Waals surface area (Å²) in [5, 5.41) is 2.05. The fourth-order valence-electron chi connectivity index (χ4n) is 1.82. The SMILES string of the molecule is Cc1cc(N)c2nc(-c3cccs3)cn2c1. The Hall–Kier alpha value is -1.81. The Bertz CT molecular complexity index is 638. The first-order valence-electron chi connectivity index (χ1n) is 5.03. The zero-order chi connectivity index (χ0) is 11.1. The van der Waals surface area contributed by atoms with Crippen LogP contribution in [0.15, 0.2) is 36.0 Å². The molecule has 3 heterocycles. The van der Waals surface area contributed by atoms with Gasteiger partial charge < -0.3 is 10.1 Å². The Balaban J connectivity index is 2.27. The smallest absolute Gasteiger partial charge is 0.160 e. The predicted molar refractivity (Wildman–Crippen MR) is 67.7 cm³/mol. The largest absolute Gasteiger partial charge is 0.396 e. The molecule has 0 radical (unpaired) electrons. The normalized spacial score (nSPS) is 11.1. The van der Waals surface area contributed by atoms with E-state index in [1.54, 1.807) is 11.3 Å². The molecular weight excluding hydrogens is 218 g/mol. The summed E-state index contributed by atoms with van der Waals surface area (Å²) < 4.78 is 1.99.